The minimum Gasteiger partial charge on any atom is -0.488 e. The van der Waals surface area contributed by atoms with E-state index >= 15 is 0 Å². The molecule has 0 unspecified atom stereocenters. The van der Waals surface area contributed by atoms with Crippen LogP contribution in [0.1, 0.15) is 16.8 Å². The Morgan fingerprint density at radius 3 is 2.50 bits per heavy atom. The molecule has 0 atom stereocenters. The number of aromatic nitrogens is 1. The second-order valence-corrected chi connectivity index (χ2v) is 8.85. The maximum atomic E-state index is 13.3. The molecule has 34 heavy (non-hydrogen) atoms. The molecule has 0 fully saturated rings. The highest BCUT2D eigenvalue weighted by Crippen LogP contribution is 2.36. The van der Waals surface area contributed by atoms with Gasteiger partial charge in [0.2, 0.25) is 0 Å². The zero-order chi connectivity index (χ0) is 24.2. The maximum absolute atomic E-state index is 13.3. The van der Waals surface area contributed by atoms with Gasteiger partial charge in [-0.05, 0) is 78.7 Å². The smallest absolute Gasteiger partial charge is 0.309 e. The molecule has 4 aromatic rings. The second kappa shape index (κ2) is 10.1. The van der Waals surface area contributed by atoms with E-state index in [1.807, 2.05) is 49.4 Å². The second-order valence-electron chi connectivity index (χ2n) is 7.94. The van der Waals surface area contributed by atoms with Gasteiger partial charge in [0.25, 0.3) is 0 Å². The van der Waals surface area contributed by atoms with Crippen molar-refractivity contribution in [2.75, 3.05) is 12.8 Å². The molecule has 0 aliphatic rings. The van der Waals surface area contributed by atoms with Crippen LogP contribution in [0.15, 0.2) is 77.3 Å². The van der Waals surface area contributed by atoms with Gasteiger partial charge in [-0.1, -0.05) is 28.1 Å². The quantitative estimate of drug-likeness (QED) is 0.230. The van der Waals surface area contributed by atoms with E-state index in [0.717, 1.165) is 38.2 Å². The molecule has 5 nitrogen and oxygen atoms in total. The van der Waals surface area contributed by atoms with Gasteiger partial charge in [0, 0.05) is 27.1 Å². The normalized spacial score (nSPS) is 10.8. The summed E-state index contributed by atoms with van der Waals surface area (Å²) in [5.74, 6) is 0.0742. The van der Waals surface area contributed by atoms with Gasteiger partial charge < -0.3 is 19.8 Å². The molecule has 0 aliphatic carbocycles. The lowest BCUT2D eigenvalue weighted by Crippen LogP contribution is -2.07. The minimum absolute atomic E-state index is 0.132. The largest absolute Gasteiger partial charge is 0.488 e. The number of nitrogens with two attached hydrogens (primary N) is 1. The fourth-order valence-electron chi connectivity index (χ4n) is 3.83. The van der Waals surface area contributed by atoms with E-state index < -0.39 is 0 Å². The highest BCUT2D eigenvalue weighted by Gasteiger charge is 2.16. The van der Waals surface area contributed by atoms with Crippen molar-refractivity contribution < 1.29 is 18.7 Å². The molecule has 7 heteroatoms. The molecule has 0 aliphatic heterocycles. The molecule has 1 heterocycles. The Balaban J connectivity index is 1.74. The molecular formula is C27H24BrFN2O3. The Morgan fingerprint density at radius 1 is 1.00 bits per heavy atom. The Morgan fingerprint density at radius 2 is 1.76 bits per heavy atom. The van der Waals surface area contributed by atoms with Crippen molar-refractivity contribution in [1.82, 2.24) is 4.57 Å². The van der Waals surface area contributed by atoms with Crippen LogP contribution in [0.4, 0.5) is 10.1 Å². The lowest BCUT2D eigenvalue weighted by atomic mass is 10.1. The van der Waals surface area contributed by atoms with Crippen LogP contribution in [-0.4, -0.2) is 17.6 Å². The van der Waals surface area contributed by atoms with Crippen LogP contribution in [-0.2, 0) is 22.6 Å². The lowest BCUT2D eigenvalue weighted by Gasteiger charge is -2.17. The van der Waals surface area contributed by atoms with Gasteiger partial charge in [0.1, 0.15) is 18.2 Å². The third-order valence-corrected chi connectivity index (χ3v) is 5.93. The predicted octanol–water partition coefficient (Wildman–Crippen LogP) is 6.23. The van der Waals surface area contributed by atoms with E-state index in [9.17, 15) is 9.18 Å². The first kappa shape index (κ1) is 23.6. The molecule has 1 aromatic heterocycles. The van der Waals surface area contributed by atoms with Gasteiger partial charge in [-0.3, -0.25) is 4.79 Å². The molecule has 2 N–H and O–H groups in total. The summed E-state index contributed by atoms with van der Waals surface area (Å²) in [6, 6.07) is 21.7. The molecule has 0 amide bonds. The van der Waals surface area contributed by atoms with Crippen molar-refractivity contribution in [3.05, 3.63) is 99.9 Å². The summed E-state index contributed by atoms with van der Waals surface area (Å²) in [7, 11) is 1.37. The summed E-state index contributed by atoms with van der Waals surface area (Å²) in [6.45, 7) is 2.31. The SMILES string of the molecule is COC(=O)Cc1cc(N)cc(-n2c(C)ccc2-c2cc(Br)ccc2OCc2ccc(F)cc2)c1. The molecule has 174 valence electrons. The zero-order valence-corrected chi connectivity index (χ0v) is 20.4. The number of hydrogen-bond acceptors (Lipinski definition) is 4. The molecule has 4 rings (SSSR count). The molecule has 0 spiro atoms. The lowest BCUT2D eigenvalue weighted by molar-refractivity contribution is -0.139. The molecular weight excluding hydrogens is 499 g/mol. The van der Waals surface area contributed by atoms with Crippen molar-refractivity contribution in [2.45, 2.75) is 20.0 Å². The number of nitrogens with zero attached hydrogens (tertiary/aromatic N) is 1. The number of ether oxygens (including phenoxy) is 2. The van der Waals surface area contributed by atoms with Crippen molar-refractivity contribution in [2.24, 2.45) is 0 Å². The van der Waals surface area contributed by atoms with Crippen LogP contribution in [0.5, 0.6) is 5.75 Å². The Labute approximate surface area is 206 Å². The van der Waals surface area contributed by atoms with E-state index in [4.69, 9.17) is 15.2 Å². The van der Waals surface area contributed by atoms with E-state index in [-0.39, 0.29) is 18.2 Å². The first-order chi connectivity index (χ1) is 16.3. The highest BCUT2D eigenvalue weighted by atomic mass is 79.9. The average molecular weight is 523 g/mol. The van der Waals surface area contributed by atoms with E-state index in [1.165, 1.54) is 19.2 Å². The number of carbonyl (C=O) groups is 1. The Bertz CT molecular complexity index is 1330. The van der Waals surface area contributed by atoms with Crippen molar-refractivity contribution in [1.29, 1.82) is 0 Å². The van der Waals surface area contributed by atoms with Crippen molar-refractivity contribution in [3.8, 4) is 22.7 Å². The van der Waals surface area contributed by atoms with Crippen LogP contribution in [0, 0.1) is 12.7 Å². The number of hydrogen-bond donors (Lipinski definition) is 1. The standard InChI is InChI=1S/C27H24BrFN2O3/c1-17-3-9-25(31(17)23-12-19(11-22(30)15-23)13-27(32)33-2)24-14-20(28)6-10-26(24)34-16-18-4-7-21(29)8-5-18/h3-12,14-15H,13,16,30H2,1-2H3. The topological polar surface area (TPSA) is 66.5 Å². The number of carbonyl (C=O) groups excluding carboxylic acids is 1. The third-order valence-electron chi connectivity index (χ3n) is 5.44. The summed E-state index contributed by atoms with van der Waals surface area (Å²) < 4.78 is 27.2. The van der Waals surface area contributed by atoms with Gasteiger partial charge in [0.15, 0.2) is 0 Å². The van der Waals surface area contributed by atoms with Crippen LogP contribution in [0.3, 0.4) is 0 Å². The summed E-state index contributed by atoms with van der Waals surface area (Å²) in [5.41, 5.74) is 12.0. The van der Waals surface area contributed by atoms with Gasteiger partial charge in [0.05, 0.1) is 19.2 Å². The third kappa shape index (κ3) is 5.31. The minimum atomic E-state index is -0.329. The number of aryl methyl sites for hydroxylation is 1. The molecule has 0 bridgehead atoms. The van der Waals surface area contributed by atoms with Crippen LogP contribution in [0.25, 0.3) is 16.9 Å². The monoisotopic (exact) mass is 522 g/mol. The van der Waals surface area contributed by atoms with Crippen LogP contribution >= 0.6 is 15.9 Å². The van der Waals surface area contributed by atoms with E-state index in [0.29, 0.717) is 18.0 Å². The zero-order valence-electron chi connectivity index (χ0n) is 18.8. The number of methoxy groups -OCH3 is 1. The molecule has 0 radical (unpaired) electrons. The maximum Gasteiger partial charge on any atom is 0.309 e. The number of esters is 1. The summed E-state index contributed by atoms with van der Waals surface area (Å²) in [4.78, 5) is 11.8. The Hall–Kier alpha value is -3.58. The summed E-state index contributed by atoms with van der Waals surface area (Å²) in [5, 5.41) is 0. The number of benzene rings is 3. The Kier molecular flexibility index (Phi) is 7.03. The first-order valence-electron chi connectivity index (χ1n) is 10.7. The van der Waals surface area contributed by atoms with Gasteiger partial charge >= 0.3 is 5.97 Å². The summed E-state index contributed by atoms with van der Waals surface area (Å²) >= 11 is 3.57. The molecule has 0 saturated heterocycles. The number of rotatable bonds is 7. The van der Waals surface area contributed by atoms with E-state index in [2.05, 4.69) is 20.5 Å². The predicted molar refractivity (Wildman–Crippen MR) is 135 cm³/mol. The van der Waals surface area contributed by atoms with Gasteiger partial charge in [-0.25, -0.2) is 4.39 Å². The fraction of sp³-hybridized carbons (Fsp3) is 0.148. The average Bonchev–Trinajstić information content (AvgIpc) is 3.20. The van der Waals surface area contributed by atoms with Crippen LogP contribution in [0.2, 0.25) is 0 Å². The molecule has 3 aromatic carbocycles. The number of anilines is 1. The molecule has 0 saturated carbocycles. The fourth-order valence-corrected chi connectivity index (χ4v) is 4.19. The van der Waals surface area contributed by atoms with Crippen molar-refractivity contribution in [3.63, 3.8) is 0 Å². The van der Waals surface area contributed by atoms with Gasteiger partial charge in [-0.15, -0.1) is 0 Å². The number of halogens is 2. The summed E-state index contributed by atoms with van der Waals surface area (Å²) in [6.07, 6.45) is 0.132. The number of nitrogen functional groups attached to an aromatic ring is 1. The highest BCUT2D eigenvalue weighted by molar-refractivity contribution is 9.10. The van der Waals surface area contributed by atoms with Gasteiger partial charge in [-0.2, -0.15) is 0 Å². The van der Waals surface area contributed by atoms with Crippen LogP contribution < -0.4 is 10.5 Å². The van der Waals surface area contributed by atoms with E-state index in [1.54, 1.807) is 18.2 Å². The first-order valence-corrected chi connectivity index (χ1v) is 11.5. The van der Waals surface area contributed by atoms with Crippen molar-refractivity contribution >= 4 is 27.6 Å².